The van der Waals surface area contributed by atoms with Crippen LogP contribution in [0.15, 0.2) is 34.6 Å². The van der Waals surface area contributed by atoms with Crippen LogP contribution in [0.1, 0.15) is 10.4 Å². The number of allylic oxidation sites excluding steroid dienone is 1. The van der Waals surface area contributed by atoms with Gasteiger partial charge in [0.1, 0.15) is 0 Å². The topological polar surface area (TPSA) is 17.1 Å². The first-order valence-electron chi connectivity index (χ1n) is 4.27. The Labute approximate surface area is 112 Å². The molecule has 0 aliphatic heterocycles. The first-order chi connectivity index (χ1) is 7.17. The summed E-state index contributed by atoms with van der Waals surface area (Å²) >= 11 is 5.40. The van der Waals surface area contributed by atoms with Crippen LogP contribution in [-0.4, -0.2) is 18.3 Å². The van der Waals surface area contributed by atoms with Crippen molar-refractivity contribution >= 4 is 51.9 Å². The number of hydrogen-bond acceptors (Lipinski definition) is 3. The fourth-order valence-corrected chi connectivity index (χ4v) is 2.69. The van der Waals surface area contributed by atoms with Gasteiger partial charge < -0.3 is 0 Å². The summed E-state index contributed by atoms with van der Waals surface area (Å²) in [4.78, 5) is 11.8. The zero-order valence-electron chi connectivity index (χ0n) is 8.49. The molecule has 0 aliphatic carbocycles. The standard InChI is InChI=1S/C11H11IOS2/c1-14-11(15-2)7-10(13)8-4-3-5-9(12)6-8/h3-7H,1-2H3. The second kappa shape index (κ2) is 6.60. The summed E-state index contributed by atoms with van der Waals surface area (Å²) in [6, 6.07) is 7.63. The Morgan fingerprint density at radius 3 is 2.53 bits per heavy atom. The molecular formula is C11H11IOS2. The molecule has 0 bridgehead atoms. The van der Waals surface area contributed by atoms with E-state index in [-0.39, 0.29) is 5.78 Å². The van der Waals surface area contributed by atoms with Gasteiger partial charge in [-0.2, -0.15) is 0 Å². The zero-order valence-corrected chi connectivity index (χ0v) is 12.3. The van der Waals surface area contributed by atoms with Crippen LogP contribution >= 0.6 is 46.1 Å². The van der Waals surface area contributed by atoms with E-state index in [9.17, 15) is 4.79 Å². The molecule has 0 saturated heterocycles. The molecule has 0 radical (unpaired) electrons. The van der Waals surface area contributed by atoms with E-state index in [1.807, 2.05) is 36.8 Å². The van der Waals surface area contributed by atoms with Crippen molar-refractivity contribution in [1.29, 1.82) is 0 Å². The van der Waals surface area contributed by atoms with Gasteiger partial charge in [0.15, 0.2) is 5.78 Å². The number of benzene rings is 1. The lowest BCUT2D eigenvalue weighted by atomic mass is 10.1. The van der Waals surface area contributed by atoms with E-state index in [1.54, 1.807) is 29.6 Å². The lowest BCUT2D eigenvalue weighted by Gasteiger charge is -2.00. The second-order valence-corrected chi connectivity index (χ2v) is 5.95. The molecule has 0 aliphatic rings. The lowest BCUT2D eigenvalue weighted by Crippen LogP contribution is -1.95. The number of ketones is 1. The normalized spacial score (nSPS) is 9.80. The highest BCUT2D eigenvalue weighted by Gasteiger charge is 2.04. The number of thioether (sulfide) groups is 2. The van der Waals surface area contributed by atoms with Gasteiger partial charge in [0, 0.05) is 19.4 Å². The highest BCUT2D eigenvalue weighted by Crippen LogP contribution is 2.24. The van der Waals surface area contributed by atoms with Crippen molar-refractivity contribution in [3.05, 3.63) is 43.7 Å². The molecule has 4 heteroatoms. The van der Waals surface area contributed by atoms with Gasteiger partial charge >= 0.3 is 0 Å². The number of rotatable bonds is 4. The minimum absolute atomic E-state index is 0.0761. The molecule has 0 N–H and O–H groups in total. The minimum atomic E-state index is 0.0761. The molecule has 1 aromatic rings. The molecule has 15 heavy (non-hydrogen) atoms. The van der Waals surface area contributed by atoms with E-state index in [0.29, 0.717) is 0 Å². The summed E-state index contributed by atoms with van der Waals surface area (Å²) in [5, 5.41) is 0. The monoisotopic (exact) mass is 350 g/mol. The van der Waals surface area contributed by atoms with Crippen LogP contribution in [0.5, 0.6) is 0 Å². The fraction of sp³-hybridized carbons (Fsp3) is 0.182. The van der Waals surface area contributed by atoms with Gasteiger partial charge in [-0.05, 0) is 47.2 Å². The Hall–Kier alpha value is 0.0600. The van der Waals surface area contributed by atoms with E-state index in [2.05, 4.69) is 22.6 Å². The summed E-state index contributed by atoms with van der Waals surface area (Å²) in [5.41, 5.74) is 0.752. The zero-order chi connectivity index (χ0) is 11.3. The lowest BCUT2D eigenvalue weighted by molar-refractivity contribution is 0.104. The smallest absolute Gasteiger partial charge is 0.187 e. The molecule has 0 amide bonds. The molecular weight excluding hydrogens is 339 g/mol. The average Bonchev–Trinajstić information content (AvgIpc) is 2.25. The maximum absolute atomic E-state index is 11.8. The summed E-state index contributed by atoms with van der Waals surface area (Å²) in [6.45, 7) is 0. The van der Waals surface area contributed by atoms with Crippen molar-refractivity contribution in [2.45, 2.75) is 0 Å². The summed E-state index contributed by atoms with van der Waals surface area (Å²) in [6.07, 6.45) is 5.65. The van der Waals surface area contributed by atoms with E-state index < -0.39 is 0 Å². The molecule has 0 heterocycles. The summed E-state index contributed by atoms with van der Waals surface area (Å²) in [5.74, 6) is 0.0761. The van der Waals surface area contributed by atoms with Crippen molar-refractivity contribution in [2.75, 3.05) is 12.5 Å². The van der Waals surface area contributed by atoms with E-state index in [0.717, 1.165) is 13.4 Å². The van der Waals surface area contributed by atoms with Gasteiger partial charge in [-0.15, -0.1) is 23.5 Å². The van der Waals surface area contributed by atoms with Crippen molar-refractivity contribution in [3.63, 3.8) is 0 Å². The third-order valence-electron chi connectivity index (χ3n) is 1.76. The van der Waals surface area contributed by atoms with Gasteiger partial charge in [0.2, 0.25) is 0 Å². The van der Waals surface area contributed by atoms with Gasteiger partial charge in [0.25, 0.3) is 0 Å². The Morgan fingerprint density at radius 1 is 1.33 bits per heavy atom. The Balaban J connectivity index is 2.90. The first-order valence-corrected chi connectivity index (χ1v) is 7.79. The van der Waals surface area contributed by atoms with Crippen LogP contribution < -0.4 is 0 Å². The quantitative estimate of drug-likeness (QED) is 0.464. The van der Waals surface area contributed by atoms with E-state index in [4.69, 9.17) is 0 Å². The van der Waals surface area contributed by atoms with Gasteiger partial charge in [-0.1, -0.05) is 12.1 Å². The van der Waals surface area contributed by atoms with Crippen LogP contribution in [0, 0.1) is 3.57 Å². The fourth-order valence-electron chi connectivity index (χ4n) is 1.03. The number of carbonyl (C=O) groups excluding carboxylic acids is 1. The van der Waals surface area contributed by atoms with E-state index in [1.165, 1.54) is 0 Å². The Bertz CT molecular complexity index is 382. The predicted molar refractivity (Wildman–Crippen MR) is 78.6 cm³/mol. The highest BCUT2D eigenvalue weighted by molar-refractivity contribution is 14.1. The molecule has 1 nitrogen and oxygen atoms in total. The van der Waals surface area contributed by atoms with Crippen LogP contribution in [-0.2, 0) is 0 Å². The second-order valence-electron chi connectivity index (χ2n) is 2.75. The molecule has 1 aromatic carbocycles. The predicted octanol–water partition coefficient (Wildman–Crippen LogP) is 4.04. The third kappa shape index (κ3) is 4.20. The van der Waals surface area contributed by atoms with Crippen molar-refractivity contribution in [2.24, 2.45) is 0 Å². The van der Waals surface area contributed by atoms with Crippen LogP contribution in [0.25, 0.3) is 0 Å². The van der Waals surface area contributed by atoms with E-state index >= 15 is 0 Å². The Morgan fingerprint density at radius 2 is 2.00 bits per heavy atom. The van der Waals surface area contributed by atoms with Crippen LogP contribution in [0.4, 0.5) is 0 Å². The summed E-state index contributed by atoms with van der Waals surface area (Å²) < 4.78 is 2.13. The molecule has 0 saturated carbocycles. The molecule has 0 spiro atoms. The number of carbonyl (C=O) groups is 1. The van der Waals surface area contributed by atoms with Gasteiger partial charge in [-0.3, -0.25) is 4.79 Å². The van der Waals surface area contributed by atoms with Crippen molar-refractivity contribution in [3.8, 4) is 0 Å². The first kappa shape index (κ1) is 13.1. The van der Waals surface area contributed by atoms with Gasteiger partial charge in [-0.25, -0.2) is 0 Å². The average molecular weight is 350 g/mol. The molecule has 0 aromatic heterocycles. The maximum Gasteiger partial charge on any atom is 0.187 e. The van der Waals surface area contributed by atoms with Gasteiger partial charge in [0.05, 0.1) is 0 Å². The summed E-state index contributed by atoms with van der Waals surface area (Å²) in [7, 11) is 0. The molecule has 0 unspecified atom stereocenters. The third-order valence-corrected chi connectivity index (χ3v) is 4.47. The number of halogens is 1. The molecule has 1 rings (SSSR count). The molecule has 0 atom stereocenters. The van der Waals surface area contributed by atoms with Crippen molar-refractivity contribution < 1.29 is 4.79 Å². The molecule has 80 valence electrons. The van der Waals surface area contributed by atoms with Crippen molar-refractivity contribution in [1.82, 2.24) is 0 Å². The highest BCUT2D eigenvalue weighted by atomic mass is 127. The Kier molecular flexibility index (Phi) is 5.78. The maximum atomic E-state index is 11.8. The van der Waals surface area contributed by atoms with Crippen LogP contribution in [0.3, 0.4) is 0 Å². The largest absolute Gasteiger partial charge is 0.289 e. The molecule has 0 fully saturated rings. The minimum Gasteiger partial charge on any atom is -0.289 e. The number of hydrogen-bond donors (Lipinski definition) is 0. The SMILES string of the molecule is CSC(=CC(=O)c1cccc(I)c1)SC. The van der Waals surface area contributed by atoms with Crippen LogP contribution in [0.2, 0.25) is 0 Å².